The van der Waals surface area contributed by atoms with Gasteiger partial charge in [0.05, 0.1) is 26.4 Å². The second-order valence-electron chi connectivity index (χ2n) is 8.92. The Balaban J connectivity index is 1.34. The molecule has 0 radical (unpaired) electrons. The molecule has 1 amide bonds. The highest BCUT2D eigenvalue weighted by Crippen LogP contribution is 2.47. The number of amides is 1. The molecule has 4 rings (SSSR count). The molecule has 1 unspecified atom stereocenters. The normalized spacial score (nSPS) is 24.6. The summed E-state index contributed by atoms with van der Waals surface area (Å²) in [4.78, 5) is 17.6. The average molecular weight is 417 g/mol. The zero-order valence-electron chi connectivity index (χ0n) is 18.5. The lowest BCUT2D eigenvalue weighted by Crippen LogP contribution is -2.75. The van der Waals surface area contributed by atoms with Crippen LogP contribution in [0.5, 0.6) is 5.75 Å². The van der Waals surface area contributed by atoms with Crippen LogP contribution in [-0.2, 0) is 9.47 Å². The van der Waals surface area contributed by atoms with E-state index in [1.807, 2.05) is 29.2 Å². The number of nitrogens with zero attached hydrogens (tertiary/aromatic N) is 2. The van der Waals surface area contributed by atoms with Crippen LogP contribution in [0.2, 0.25) is 0 Å². The summed E-state index contributed by atoms with van der Waals surface area (Å²) in [5.41, 5.74) is 0.965. The van der Waals surface area contributed by atoms with Crippen molar-refractivity contribution in [3.8, 4) is 5.75 Å². The van der Waals surface area contributed by atoms with Crippen LogP contribution in [0.4, 0.5) is 0 Å². The smallest absolute Gasteiger partial charge is 0.253 e. The Kier molecular flexibility index (Phi) is 6.96. The molecule has 166 valence electrons. The summed E-state index contributed by atoms with van der Waals surface area (Å²) < 4.78 is 16.6. The number of carbonyl (C=O) groups excluding carboxylic acids is 1. The van der Waals surface area contributed by atoms with Crippen molar-refractivity contribution >= 4 is 5.91 Å². The summed E-state index contributed by atoms with van der Waals surface area (Å²) in [6.45, 7) is 4.04. The molecule has 2 saturated heterocycles. The molecule has 3 fully saturated rings. The van der Waals surface area contributed by atoms with Gasteiger partial charge in [0.15, 0.2) is 0 Å². The van der Waals surface area contributed by atoms with Crippen molar-refractivity contribution < 1.29 is 19.0 Å². The van der Waals surface area contributed by atoms with Crippen molar-refractivity contribution in [2.75, 3.05) is 47.1 Å². The fourth-order valence-corrected chi connectivity index (χ4v) is 5.67. The second kappa shape index (κ2) is 9.67. The molecule has 30 heavy (non-hydrogen) atoms. The SMILES string of the molecule is COCCOC1CN(C2CCN(C(=O)c3ccc(OC)cc3)CC2)C12CCCCC2. The molecule has 6 nitrogen and oxygen atoms in total. The fraction of sp³-hybridized carbons (Fsp3) is 0.708. The van der Waals surface area contributed by atoms with Gasteiger partial charge in [-0.2, -0.15) is 0 Å². The number of ether oxygens (including phenoxy) is 3. The van der Waals surface area contributed by atoms with Gasteiger partial charge in [0, 0.05) is 43.9 Å². The van der Waals surface area contributed by atoms with Crippen molar-refractivity contribution in [2.24, 2.45) is 0 Å². The van der Waals surface area contributed by atoms with Crippen molar-refractivity contribution in [2.45, 2.75) is 62.6 Å². The third-order valence-corrected chi connectivity index (χ3v) is 7.39. The van der Waals surface area contributed by atoms with E-state index in [0.717, 1.165) is 43.8 Å². The molecule has 1 spiro atoms. The Labute approximate surface area is 180 Å². The zero-order valence-corrected chi connectivity index (χ0v) is 18.5. The minimum atomic E-state index is 0.132. The molecule has 0 bridgehead atoms. The van der Waals surface area contributed by atoms with Gasteiger partial charge in [0.2, 0.25) is 0 Å². The molecular formula is C24H36N2O4. The van der Waals surface area contributed by atoms with Crippen LogP contribution in [-0.4, -0.2) is 80.5 Å². The number of methoxy groups -OCH3 is 2. The van der Waals surface area contributed by atoms with Crippen molar-refractivity contribution in [1.82, 2.24) is 9.80 Å². The third kappa shape index (κ3) is 4.23. The molecule has 1 aliphatic carbocycles. The van der Waals surface area contributed by atoms with E-state index in [4.69, 9.17) is 14.2 Å². The quantitative estimate of drug-likeness (QED) is 0.638. The first kappa shape index (κ1) is 21.6. The van der Waals surface area contributed by atoms with E-state index in [9.17, 15) is 4.79 Å². The number of piperidine rings is 1. The van der Waals surface area contributed by atoms with Crippen LogP contribution in [0.15, 0.2) is 24.3 Å². The van der Waals surface area contributed by atoms with E-state index in [-0.39, 0.29) is 11.4 Å². The van der Waals surface area contributed by atoms with E-state index in [1.54, 1.807) is 14.2 Å². The summed E-state index contributed by atoms with van der Waals surface area (Å²) in [5, 5.41) is 0. The minimum absolute atomic E-state index is 0.132. The van der Waals surface area contributed by atoms with Crippen LogP contribution in [0.25, 0.3) is 0 Å². The van der Waals surface area contributed by atoms with Crippen LogP contribution < -0.4 is 4.74 Å². The van der Waals surface area contributed by atoms with Crippen LogP contribution in [0.1, 0.15) is 55.3 Å². The maximum Gasteiger partial charge on any atom is 0.253 e. The molecule has 3 aliphatic rings. The van der Waals surface area contributed by atoms with Gasteiger partial charge in [-0.1, -0.05) is 19.3 Å². The summed E-state index contributed by atoms with van der Waals surface area (Å²) in [5.74, 6) is 0.913. The highest BCUT2D eigenvalue weighted by Gasteiger charge is 2.56. The number of benzene rings is 1. The summed E-state index contributed by atoms with van der Waals surface area (Å²) in [6.07, 6.45) is 8.88. The van der Waals surface area contributed by atoms with Crippen molar-refractivity contribution in [3.05, 3.63) is 29.8 Å². The van der Waals surface area contributed by atoms with Gasteiger partial charge in [-0.25, -0.2) is 0 Å². The maximum atomic E-state index is 12.9. The molecule has 2 aliphatic heterocycles. The van der Waals surface area contributed by atoms with E-state index in [0.29, 0.717) is 25.4 Å². The molecule has 0 N–H and O–H groups in total. The number of rotatable bonds is 7. The Hall–Kier alpha value is -1.63. The Morgan fingerprint density at radius 2 is 1.73 bits per heavy atom. The average Bonchev–Trinajstić information content (AvgIpc) is 2.81. The molecule has 6 heteroatoms. The summed E-state index contributed by atoms with van der Waals surface area (Å²) in [6, 6.07) is 8.00. The van der Waals surface area contributed by atoms with Gasteiger partial charge in [0.1, 0.15) is 5.75 Å². The lowest BCUT2D eigenvalue weighted by molar-refractivity contribution is -0.203. The molecule has 0 aromatic heterocycles. The molecule has 2 heterocycles. The van der Waals surface area contributed by atoms with Gasteiger partial charge in [0.25, 0.3) is 5.91 Å². The van der Waals surface area contributed by atoms with E-state index in [2.05, 4.69) is 4.90 Å². The first-order chi connectivity index (χ1) is 14.7. The first-order valence-corrected chi connectivity index (χ1v) is 11.5. The van der Waals surface area contributed by atoms with E-state index >= 15 is 0 Å². The van der Waals surface area contributed by atoms with Gasteiger partial charge in [-0.05, 0) is 49.9 Å². The predicted molar refractivity (Wildman–Crippen MR) is 116 cm³/mol. The number of likely N-dealkylation sites (tertiary alicyclic amines) is 2. The largest absolute Gasteiger partial charge is 0.497 e. The van der Waals surface area contributed by atoms with Gasteiger partial charge >= 0.3 is 0 Å². The maximum absolute atomic E-state index is 12.9. The lowest BCUT2D eigenvalue weighted by atomic mass is 9.69. The third-order valence-electron chi connectivity index (χ3n) is 7.39. The van der Waals surface area contributed by atoms with Crippen molar-refractivity contribution in [1.29, 1.82) is 0 Å². The monoisotopic (exact) mass is 416 g/mol. The Morgan fingerprint density at radius 3 is 2.37 bits per heavy atom. The Bertz CT molecular complexity index is 694. The lowest BCUT2D eigenvalue weighted by Gasteiger charge is -2.63. The topological polar surface area (TPSA) is 51.2 Å². The number of hydrogen-bond acceptors (Lipinski definition) is 5. The molecule has 1 atom stereocenters. The number of carbonyl (C=O) groups is 1. The van der Waals surface area contributed by atoms with Crippen molar-refractivity contribution in [3.63, 3.8) is 0 Å². The van der Waals surface area contributed by atoms with Gasteiger partial charge < -0.3 is 19.1 Å². The highest BCUT2D eigenvalue weighted by atomic mass is 16.5. The molecule has 1 saturated carbocycles. The number of hydrogen-bond donors (Lipinski definition) is 0. The van der Waals surface area contributed by atoms with E-state index < -0.39 is 0 Å². The fourth-order valence-electron chi connectivity index (χ4n) is 5.67. The Morgan fingerprint density at radius 1 is 1.03 bits per heavy atom. The summed E-state index contributed by atoms with van der Waals surface area (Å²) >= 11 is 0. The minimum Gasteiger partial charge on any atom is -0.497 e. The molecular weight excluding hydrogens is 380 g/mol. The molecule has 1 aromatic rings. The summed E-state index contributed by atoms with van der Waals surface area (Å²) in [7, 11) is 3.37. The van der Waals surface area contributed by atoms with Gasteiger partial charge in [-0.3, -0.25) is 9.69 Å². The molecule has 1 aromatic carbocycles. The first-order valence-electron chi connectivity index (χ1n) is 11.5. The second-order valence-corrected chi connectivity index (χ2v) is 8.92. The van der Waals surface area contributed by atoms with Crippen LogP contribution in [0, 0.1) is 0 Å². The standard InChI is InChI=1S/C24H36N2O4/c1-28-16-17-30-22-18-26(24(22)12-4-3-5-13-24)20-10-14-25(15-11-20)23(27)19-6-8-21(29-2)9-7-19/h6-9,20,22H,3-5,10-18H2,1-2H3. The van der Waals surface area contributed by atoms with Crippen LogP contribution >= 0.6 is 0 Å². The van der Waals surface area contributed by atoms with E-state index in [1.165, 1.54) is 32.1 Å². The van der Waals surface area contributed by atoms with Gasteiger partial charge in [-0.15, -0.1) is 0 Å². The zero-order chi connectivity index (χ0) is 21.0. The van der Waals surface area contributed by atoms with Crippen LogP contribution in [0.3, 0.4) is 0 Å². The predicted octanol–water partition coefficient (Wildman–Crippen LogP) is 3.35. The highest BCUT2D eigenvalue weighted by molar-refractivity contribution is 5.94.